The molecule has 2 rings (SSSR count). The molecule has 1 aromatic heterocycles. The maximum absolute atomic E-state index is 13.8. The smallest absolute Gasteiger partial charge is 0.175 e. The number of sulfone groups is 1. The number of rotatable bonds is 4. The van der Waals surface area contributed by atoms with Crippen molar-refractivity contribution in [2.45, 2.75) is 17.9 Å². The topological polar surface area (TPSA) is 59.1 Å². The lowest BCUT2D eigenvalue weighted by atomic mass is 10.1. The van der Waals surface area contributed by atoms with Gasteiger partial charge in [-0.15, -0.1) is 0 Å². The maximum atomic E-state index is 13.8. The van der Waals surface area contributed by atoms with Crippen LogP contribution in [0.5, 0.6) is 0 Å². The van der Waals surface area contributed by atoms with Crippen LogP contribution < -0.4 is 5.32 Å². The Labute approximate surface area is 117 Å². The molecule has 0 spiro atoms. The lowest BCUT2D eigenvalue weighted by Gasteiger charge is -2.16. The molecule has 20 heavy (non-hydrogen) atoms. The van der Waals surface area contributed by atoms with E-state index in [2.05, 4.69) is 10.3 Å². The molecule has 1 heterocycles. The summed E-state index contributed by atoms with van der Waals surface area (Å²) in [6.45, 7) is 1.85. The third-order valence-corrected chi connectivity index (χ3v) is 4.03. The predicted octanol–water partition coefficient (Wildman–Crippen LogP) is 2.80. The Hall–Kier alpha value is -1.95. The third-order valence-electron chi connectivity index (χ3n) is 2.92. The number of aromatic nitrogens is 1. The lowest BCUT2D eigenvalue weighted by Crippen LogP contribution is -2.09. The zero-order chi connectivity index (χ0) is 14.8. The summed E-state index contributed by atoms with van der Waals surface area (Å²) in [6, 6.07) is 7.17. The van der Waals surface area contributed by atoms with Gasteiger partial charge < -0.3 is 5.32 Å². The van der Waals surface area contributed by atoms with Crippen molar-refractivity contribution in [3.05, 3.63) is 54.1 Å². The van der Waals surface area contributed by atoms with Crippen LogP contribution in [0.3, 0.4) is 0 Å². The van der Waals surface area contributed by atoms with Crippen LogP contribution in [0.15, 0.2) is 47.6 Å². The molecular weight excluding hydrogens is 279 g/mol. The molecule has 0 aliphatic heterocycles. The molecule has 0 bridgehead atoms. The van der Waals surface area contributed by atoms with Gasteiger partial charge in [0.05, 0.1) is 16.6 Å². The number of pyridine rings is 1. The number of nitrogens with zero attached hydrogens (tertiary/aromatic N) is 1. The van der Waals surface area contributed by atoms with Gasteiger partial charge in [-0.2, -0.15) is 0 Å². The van der Waals surface area contributed by atoms with E-state index < -0.39 is 15.7 Å². The van der Waals surface area contributed by atoms with Crippen molar-refractivity contribution in [2.24, 2.45) is 0 Å². The molecule has 0 radical (unpaired) electrons. The molecule has 0 amide bonds. The first-order chi connectivity index (χ1) is 9.38. The standard InChI is InChI=1S/C14H15FN2O2S/c1-10(11-4-3-7-16-9-11)17-14-8-12(20(2,18)19)5-6-13(14)15/h3-10,17H,1-2H3. The lowest BCUT2D eigenvalue weighted by molar-refractivity contribution is 0.600. The van der Waals surface area contributed by atoms with Crippen LogP contribution in [0.2, 0.25) is 0 Å². The summed E-state index contributed by atoms with van der Waals surface area (Å²) < 4.78 is 36.7. The normalized spacial score (nSPS) is 12.9. The average molecular weight is 294 g/mol. The van der Waals surface area contributed by atoms with E-state index in [-0.39, 0.29) is 16.6 Å². The first-order valence-corrected chi connectivity index (χ1v) is 7.93. The minimum absolute atomic E-state index is 0.0831. The van der Waals surface area contributed by atoms with E-state index in [0.29, 0.717) is 0 Å². The van der Waals surface area contributed by atoms with E-state index in [1.54, 1.807) is 18.5 Å². The Morgan fingerprint density at radius 3 is 2.65 bits per heavy atom. The highest BCUT2D eigenvalue weighted by molar-refractivity contribution is 7.90. The van der Waals surface area contributed by atoms with Gasteiger partial charge in [-0.3, -0.25) is 4.98 Å². The molecule has 2 aromatic rings. The van der Waals surface area contributed by atoms with Gasteiger partial charge in [0.25, 0.3) is 0 Å². The molecule has 1 N–H and O–H groups in total. The number of nitrogens with one attached hydrogen (secondary N) is 1. The molecule has 1 unspecified atom stereocenters. The molecule has 0 fully saturated rings. The van der Waals surface area contributed by atoms with Gasteiger partial charge in [0.15, 0.2) is 9.84 Å². The van der Waals surface area contributed by atoms with Crippen LogP contribution in [-0.4, -0.2) is 19.7 Å². The fraction of sp³-hybridized carbons (Fsp3) is 0.214. The zero-order valence-corrected chi connectivity index (χ0v) is 12.0. The van der Waals surface area contributed by atoms with E-state index in [9.17, 15) is 12.8 Å². The SMILES string of the molecule is CC(Nc1cc(S(C)(=O)=O)ccc1F)c1cccnc1. The van der Waals surface area contributed by atoms with Gasteiger partial charge in [0, 0.05) is 18.6 Å². The van der Waals surface area contributed by atoms with Gasteiger partial charge in [0.2, 0.25) is 0 Å². The van der Waals surface area contributed by atoms with Crippen LogP contribution in [0.1, 0.15) is 18.5 Å². The van der Waals surface area contributed by atoms with Gasteiger partial charge in [0.1, 0.15) is 5.82 Å². The monoisotopic (exact) mass is 294 g/mol. The Kier molecular flexibility index (Phi) is 4.04. The fourth-order valence-corrected chi connectivity index (χ4v) is 2.44. The van der Waals surface area contributed by atoms with Crippen molar-refractivity contribution < 1.29 is 12.8 Å². The Morgan fingerprint density at radius 2 is 2.05 bits per heavy atom. The summed E-state index contributed by atoms with van der Waals surface area (Å²) in [4.78, 5) is 4.08. The Bertz CT molecular complexity index is 702. The minimum Gasteiger partial charge on any atom is -0.376 e. The average Bonchev–Trinajstić information content (AvgIpc) is 2.41. The van der Waals surface area contributed by atoms with Crippen LogP contribution in [0.4, 0.5) is 10.1 Å². The van der Waals surface area contributed by atoms with Gasteiger partial charge in [-0.05, 0) is 36.8 Å². The third kappa shape index (κ3) is 3.33. The molecule has 0 saturated carbocycles. The second-order valence-corrected chi connectivity index (χ2v) is 6.58. The molecule has 106 valence electrons. The Balaban J connectivity index is 2.30. The molecule has 1 aromatic carbocycles. The summed E-state index contributed by atoms with van der Waals surface area (Å²) in [6.07, 6.45) is 4.42. The summed E-state index contributed by atoms with van der Waals surface area (Å²) in [7, 11) is -3.36. The number of benzene rings is 1. The number of hydrogen-bond donors (Lipinski definition) is 1. The second kappa shape index (κ2) is 5.58. The summed E-state index contributed by atoms with van der Waals surface area (Å²) in [5, 5.41) is 2.96. The van der Waals surface area contributed by atoms with Crippen molar-refractivity contribution in [2.75, 3.05) is 11.6 Å². The maximum Gasteiger partial charge on any atom is 0.175 e. The first-order valence-electron chi connectivity index (χ1n) is 6.04. The van der Waals surface area contributed by atoms with Crippen molar-refractivity contribution >= 4 is 15.5 Å². The van der Waals surface area contributed by atoms with Gasteiger partial charge in [-0.1, -0.05) is 6.07 Å². The quantitative estimate of drug-likeness (QED) is 0.881. The van der Waals surface area contributed by atoms with Crippen LogP contribution >= 0.6 is 0 Å². The first kappa shape index (κ1) is 14.5. The summed E-state index contributed by atoms with van der Waals surface area (Å²) in [5.74, 6) is -0.492. The van der Waals surface area contributed by atoms with Gasteiger partial charge in [-0.25, -0.2) is 12.8 Å². The van der Waals surface area contributed by atoms with Crippen molar-refractivity contribution in [1.29, 1.82) is 0 Å². The zero-order valence-electron chi connectivity index (χ0n) is 11.2. The van der Waals surface area contributed by atoms with E-state index in [1.807, 2.05) is 13.0 Å². The highest BCUT2D eigenvalue weighted by Crippen LogP contribution is 2.24. The number of halogens is 1. The molecule has 4 nitrogen and oxygen atoms in total. The second-order valence-electron chi connectivity index (χ2n) is 4.57. The molecule has 6 heteroatoms. The molecule has 0 saturated heterocycles. The summed E-state index contributed by atoms with van der Waals surface area (Å²) >= 11 is 0. The van der Waals surface area contributed by atoms with Crippen LogP contribution in [0.25, 0.3) is 0 Å². The van der Waals surface area contributed by atoms with Crippen LogP contribution in [-0.2, 0) is 9.84 Å². The van der Waals surface area contributed by atoms with E-state index in [4.69, 9.17) is 0 Å². The van der Waals surface area contributed by atoms with Crippen molar-refractivity contribution in [1.82, 2.24) is 4.98 Å². The highest BCUT2D eigenvalue weighted by atomic mass is 32.2. The largest absolute Gasteiger partial charge is 0.376 e. The molecule has 0 aliphatic rings. The molecule has 0 aliphatic carbocycles. The number of hydrogen-bond acceptors (Lipinski definition) is 4. The molecular formula is C14H15FN2O2S. The summed E-state index contributed by atoms with van der Waals surface area (Å²) in [5.41, 5.74) is 1.04. The highest BCUT2D eigenvalue weighted by Gasteiger charge is 2.13. The van der Waals surface area contributed by atoms with Crippen molar-refractivity contribution in [3.63, 3.8) is 0 Å². The van der Waals surface area contributed by atoms with E-state index >= 15 is 0 Å². The van der Waals surface area contributed by atoms with Gasteiger partial charge >= 0.3 is 0 Å². The van der Waals surface area contributed by atoms with Crippen molar-refractivity contribution in [3.8, 4) is 0 Å². The van der Waals surface area contributed by atoms with Crippen LogP contribution in [0, 0.1) is 5.82 Å². The number of anilines is 1. The minimum atomic E-state index is -3.36. The Morgan fingerprint density at radius 1 is 1.30 bits per heavy atom. The fourth-order valence-electron chi connectivity index (χ4n) is 1.79. The predicted molar refractivity (Wildman–Crippen MR) is 75.8 cm³/mol. The van der Waals surface area contributed by atoms with E-state index in [0.717, 1.165) is 17.9 Å². The molecule has 1 atom stereocenters. The van der Waals surface area contributed by atoms with E-state index in [1.165, 1.54) is 12.1 Å².